The van der Waals surface area contributed by atoms with Crippen molar-refractivity contribution in [3.63, 3.8) is 0 Å². The summed E-state index contributed by atoms with van der Waals surface area (Å²) < 4.78 is 2.13. The van der Waals surface area contributed by atoms with E-state index in [9.17, 15) is 5.11 Å². The predicted molar refractivity (Wildman–Crippen MR) is 108 cm³/mol. The van der Waals surface area contributed by atoms with Crippen LogP contribution in [-0.2, 0) is 6.54 Å². The molecule has 8 nitrogen and oxygen atoms in total. The molecule has 4 aromatic rings. The number of aryl methyl sites for hydroxylation is 1. The summed E-state index contributed by atoms with van der Waals surface area (Å²) in [5.41, 5.74) is 5.42. The first-order valence-electron chi connectivity index (χ1n) is 9.79. The number of anilines is 1. The van der Waals surface area contributed by atoms with E-state index in [4.69, 9.17) is 4.98 Å². The van der Waals surface area contributed by atoms with E-state index in [2.05, 4.69) is 54.5 Å². The van der Waals surface area contributed by atoms with E-state index in [1.165, 1.54) is 0 Å². The molecule has 0 aliphatic carbocycles. The Kier molecular flexibility index (Phi) is 4.20. The van der Waals surface area contributed by atoms with Crippen LogP contribution in [-0.4, -0.2) is 54.3 Å². The van der Waals surface area contributed by atoms with E-state index in [-0.39, 0.29) is 6.61 Å². The zero-order valence-electron chi connectivity index (χ0n) is 15.8. The van der Waals surface area contributed by atoms with Crippen LogP contribution in [0.25, 0.3) is 33.5 Å². The van der Waals surface area contributed by atoms with Gasteiger partial charge in [0, 0.05) is 31.8 Å². The summed E-state index contributed by atoms with van der Waals surface area (Å²) in [7, 11) is 0. The number of fused-ring (bicyclic) bond motifs is 2. The minimum Gasteiger partial charge on any atom is -0.396 e. The average Bonchev–Trinajstić information content (AvgIpc) is 3.39. The molecule has 0 bridgehead atoms. The fourth-order valence-corrected chi connectivity index (χ4v) is 3.95. The number of rotatable bonds is 4. The molecule has 1 saturated heterocycles. The number of benzene rings is 1. The maximum Gasteiger partial charge on any atom is 0.228 e. The molecule has 4 heterocycles. The minimum absolute atomic E-state index is 0.253. The molecule has 5 rings (SSSR count). The number of aromatic amines is 1. The normalized spacial score (nSPS) is 15.7. The van der Waals surface area contributed by atoms with Crippen molar-refractivity contribution < 1.29 is 5.11 Å². The number of nitrogens with zero attached hydrogens (tertiary/aromatic N) is 6. The molecule has 0 atom stereocenters. The van der Waals surface area contributed by atoms with Crippen LogP contribution in [0.4, 0.5) is 5.95 Å². The number of imidazole rings is 2. The van der Waals surface area contributed by atoms with Gasteiger partial charge in [-0.15, -0.1) is 0 Å². The smallest absolute Gasteiger partial charge is 0.228 e. The van der Waals surface area contributed by atoms with Gasteiger partial charge in [0.25, 0.3) is 0 Å². The molecule has 0 amide bonds. The molecule has 0 saturated carbocycles. The fourth-order valence-electron chi connectivity index (χ4n) is 3.95. The van der Waals surface area contributed by atoms with Crippen LogP contribution in [0, 0.1) is 5.92 Å². The second-order valence-electron chi connectivity index (χ2n) is 7.32. The maximum atomic E-state index is 9.39. The van der Waals surface area contributed by atoms with Crippen molar-refractivity contribution in [3.8, 4) is 11.3 Å². The summed E-state index contributed by atoms with van der Waals surface area (Å²) in [4.78, 5) is 23.8. The van der Waals surface area contributed by atoms with Crippen LogP contribution in [0.15, 0.2) is 30.9 Å². The average molecular weight is 377 g/mol. The van der Waals surface area contributed by atoms with E-state index < -0.39 is 0 Å². The minimum atomic E-state index is 0.253. The number of hydrogen-bond donors (Lipinski definition) is 2. The van der Waals surface area contributed by atoms with Crippen molar-refractivity contribution in [2.24, 2.45) is 5.92 Å². The lowest BCUT2D eigenvalue weighted by Gasteiger charge is -2.31. The van der Waals surface area contributed by atoms with E-state index in [1.807, 2.05) is 6.33 Å². The van der Waals surface area contributed by atoms with Gasteiger partial charge in [0.2, 0.25) is 5.95 Å². The Morgan fingerprint density at radius 2 is 2.04 bits per heavy atom. The van der Waals surface area contributed by atoms with Gasteiger partial charge in [-0.25, -0.2) is 15.0 Å². The number of aliphatic hydroxyl groups excluding tert-OH is 1. The molecule has 3 aromatic heterocycles. The molecule has 1 aromatic carbocycles. The number of hydrogen-bond acceptors (Lipinski definition) is 6. The van der Waals surface area contributed by atoms with Gasteiger partial charge in [-0.2, -0.15) is 4.98 Å². The molecule has 8 heteroatoms. The van der Waals surface area contributed by atoms with Gasteiger partial charge in [-0.05, 0) is 37.8 Å². The Morgan fingerprint density at radius 3 is 2.82 bits per heavy atom. The highest BCUT2D eigenvalue weighted by atomic mass is 16.3. The summed E-state index contributed by atoms with van der Waals surface area (Å²) in [6, 6.07) is 6.25. The molecular weight excluding hydrogens is 354 g/mol. The van der Waals surface area contributed by atoms with Crippen molar-refractivity contribution in [2.75, 3.05) is 24.6 Å². The van der Waals surface area contributed by atoms with Crippen LogP contribution in [0.1, 0.15) is 19.8 Å². The van der Waals surface area contributed by atoms with E-state index in [0.29, 0.717) is 17.5 Å². The molecule has 144 valence electrons. The van der Waals surface area contributed by atoms with Crippen LogP contribution in [0.2, 0.25) is 0 Å². The summed E-state index contributed by atoms with van der Waals surface area (Å²) in [5, 5.41) is 9.39. The van der Waals surface area contributed by atoms with Gasteiger partial charge in [0.1, 0.15) is 11.2 Å². The van der Waals surface area contributed by atoms with Gasteiger partial charge in [0.15, 0.2) is 5.65 Å². The first kappa shape index (κ1) is 17.1. The van der Waals surface area contributed by atoms with Gasteiger partial charge in [0.05, 0.1) is 23.7 Å². The molecule has 0 spiro atoms. The number of aliphatic hydroxyl groups is 1. The zero-order valence-corrected chi connectivity index (χ0v) is 15.8. The lowest BCUT2D eigenvalue weighted by atomic mass is 9.98. The number of nitrogens with one attached hydrogen (secondary N) is 1. The van der Waals surface area contributed by atoms with Crippen molar-refractivity contribution in [3.05, 3.63) is 30.9 Å². The molecule has 2 N–H and O–H groups in total. The topological polar surface area (TPSA) is 95.8 Å². The summed E-state index contributed by atoms with van der Waals surface area (Å²) in [6.45, 7) is 4.95. The predicted octanol–water partition coefficient (Wildman–Crippen LogP) is 2.60. The molecule has 1 aliphatic rings. The standard InChI is InChI=1S/C20H23N7O/c1-2-26-12-23-15-9-14(3-4-16(15)26)17-18-19(22-11-21-18)25-20(24-17)27-7-5-13(10-28)6-8-27/h3-4,9,11-13,28H,2,5-8,10H2,1H3,(H,21,22,24,25). The largest absolute Gasteiger partial charge is 0.396 e. The zero-order chi connectivity index (χ0) is 19.1. The third kappa shape index (κ3) is 2.80. The molecule has 1 aliphatic heterocycles. The van der Waals surface area contributed by atoms with E-state index in [1.54, 1.807) is 6.33 Å². The molecule has 28 heavy (non-hydrogen) atoms. The Balaban J connectivity index is 1.58. The monoisotopic (exact) mass is 377 g/mol. The van der Waals surface area contributed by atoms with Crippen molar-refractivity contribution in [1.29, 1.82) is 0 Å². The van der Waals surface area contributed by atoms with Crippen molar-refractivity contribution in [1.82, 2.24) is 29.5 Å². The van der Waals surface area contributed by atoms with Gasteiger partial charge < -0.3 is 19.6 Å². The Labute approximate surface area is 162 Å². The quantitative estimate of drug-likeness (QED) is 0.568. The number of aromatic nitrogens is 6. The first-order chi connectivity index (χ1) is 13.8. The van der Waals surface area contributed by atoms with Gasteiger partial charge in [-0.3, -0.25) is 0 Å². The highest BCUT2D eigenvalue weighted by Gasteiger charge is 2.22. The highest BCUT2D eigenvalue weighted by molar-refractivity contribution is 5.91. The van der Waals surface area contributed by atoms with Crippen molar-refractivity contribution in [2.45, 2.75) is 26.3 Å². The summed E-state index contributed by atoms with van der Waals surface area (Å²) in [5.74, 6) is 1.08. The van der Waals surface area contributed by atoms with Gasteiger partial charge >= 0.3 is 0 Å². The number of piperidine rings is 1. The van der Waals surface area contributed by atoms with Crippen LogP contribution < -0.4 is 4.90 Å². The summed E-state index contributed by atoms with van der Waals surface area (Å²) in [6.07, 6.45) is 5.44. The lowest BCUT2D eigenvalue weighted by Crippen LogP contribution is -2.35. The third-order valence-corrected chi connectivity index (χ3v) is 5.66. The van der Waals surface area contributed by atoms with Crippen LogP contribution >= 0.6 is 0 Å². The van der Waals surface area contributed by atoms with Crippen LogP contribution in [0.3, 0.4) is 0 Å². The first-order valence-corrected chi connectivity index (χ1v) is 9.79. The Hall–Kier alpha value is -3.00. The highest BCUT2D eigenvalue weighted by Crippen LogP contribution is 2.30. The molecule has 0 radical (unpaired) electrons. The fraction of sp³-hybridized carbons (Fsp3) is 0.400. The lowest BCUT2D eigenvalue weighted by molar-refractivity contribution is 0.202. The summed E-state index contributed by atoms with van der Waals surface area (Å²) >= 11 is 0. The number of H-pyrrole nitrogens is 1. The SMILES string of the molecule is CCn1cnc2cc(-c3nc(N4CCC(CO)CC4)nc4nc[nH]c34)ccc21. The third-order valence-electron chi connectivity index (χ3n) is 5.66. The van der Waals surface area contributed by atoms with Crippen molar-refractivity contribution >= 4 is 28.1 Å². The molecule has 0 unspecified atom stereocenters. The second-order valence-corrected chi connectivity index (χ2v) is 7.32. The second kappa shape index (κ2) is 6.87. The van der Waals surface area contributed by atoms with E-state index >= 15 is 0 Å². The molecular formula is C20H23N7O. The van der Waals surface area contributed by atoms with E-state index in [0.717, 1.165) is 60.3 Å². The Bertz CT molecular complexity index is 1120. The van der Waals surface area contributed by atoms with Gasteiger partial charge in [-0.1, -0.05) is 6.07 Å². The maximum absolute atomic E-state index is 9.39. The molecule has 1 fully saturated rings. The van der Waals surface area contributed by atoms with Crippen LogP contribution in [0.5, 0.6) is 0 Å². The Morgan fingerprint density at radius 1 is 1.18 bits per heavy atom.